The molecule has 2 aliphatic heterocycles. The minimum atomic E-state index is -0.259. The standard InChI is InChI=1S/C20H35N3O4/c1-4-23(5-2)20(26)16-7-6-8-17(14-22(3)18(24)13-16)21-19(25)15-9-11-27-12-10-15/h15-17H,4-14H2,1-3H3,(H,21,25)/t16-,17-/m1/s1. The molecule has 7 nitrogen and oxygen atoms in total. The van der Waals surface area contributed by atoms with Crippen molar-refractivity contribution in [2.45, 2.75) is 58.4 Å². The molecule has 27 heavy (non-hydrogen) atoms. The third-order valence-electron chi connectivity index (χ3n) is 5.81. The van der Waals surface area contributed by atoms with Crippen LogP contribution in [0.4, 0.5) is 0 Å². The van der Waals surface area contributed by atoms with Gasteiger partial charge >= 0.3 is 0 Å². The SMILES string of the molecule is CCN(CC)C(=O)[C@@H]1CCC[C@@H](NC(=O)C2CCOCC2)CN(C)C(=O)C1. The van der Waals surface area contributed by atoms with E-state index in [0.29, 0.717) is 39.3 Å². The lowest BCUT2D eigenvalue weighted by Gasteiger charge is -2.27. The van der Waals surface area contributed by atoms with Gasteiger partial charge in [-0.15, -0.1) is 0 Å². The van der Waals surface area contributed by atoms with Crippen molar-refractivity contribution < 1.29 is 19.1 Å². The molecule has 7 heteroatoms. The fraction of sp³-hybridized carbons (Fsp3) is 0.850. The minimum absolute atomic E-state index is 0.00405. The number of amides is 3. The van der Waals surface area contributed by atoms with Crippen LogP contribution < -0.4 is 5.32 Å². The summed E-state index contributed by atoms with van der Waals surface area (Å²) in [4.78, 5) is 41.3. The Labute approximate surface area is 162 Å². The third-order valence-corrected chi connectivity index (χ3v) is 5.81. The van der Waals surface area contributed by atoms with Gasteiger partial charge in [-0.25, -0.2) is 0 Å². The predicted molar refractivity (Wildman–Crippen MR) is 103 cm³/mol. The molecule has 0 spiro atoms. The fourth-order valence-electron chi connectivity index (χ4n) is 4.00. The first-order valence-corrected chi connectivity index (χ1v) is 10.4. The average molecular weight is 382 g/mol. The average Bonchev–Trinajstić information content (AvgIpc) is 2.74. The number of ether oxygens (including phenoxy) is 1. The molecule has 0 bridgehead atoms. The maximum atomic E-state index is 12.7. The van der Waals surface area contributed by atoms with Crippen LogP contribution in [0.15, 0.2) is 0 Å². The molecule has 2 atom stereocenters. The third kappa shape index (κ3) is 6.19. The van der Waals surface area contributed by atoms with Crippen LogP contribution in [-0.2, 0) is 19.1 Å². The van der Waals surface area contributed by atoms with Crippen molar-refractivity contribution in [3.05, 3.63) is 0 Å². The Balaban J connectivity index is 1.98. The summed E-state index contributed by atoms with van der Waals surface area (Å²) in [6.45, 7) is 7.03. The molecule has 0 aromatic carbocycles. The molecule has 0 aliphatic carbocycles. The Morgan fingerprint density at radius 3 is 2.41 bits per heavy atom. The summed E-state index contributed by atoms with van der Waals surface area (Å²) >= 11 is 0. The van der Waals surface area contributed by atoms with Crippen molar-refractivity contribution in [3.8, 4) is 0 Å². The zero-order valence-corrected chi connectivity index (χ0v) is 17.0. The molecule has 0 radical (unpaired) electrons. The zero-order chi connectivity index (χ0) is 19.8. The molecular formula is C20H35N3O4. The van der Waals surface area contributed by atoms with Crippen LogP contribution in [0.2, 0.25) is 0 Å². The number of nitrogens with zero attached hydrogens (tertiary/aromatic N) is 2. The maximum Gasteiger partial charge on any atom is 0.226 e. The highest BCUT2D eigenvalue weighted by Gasteiger charge is 2.30. The minimum Gasteiger partial charge on any atom is -0.381 e. The van der Waals surface area contributed by atoms with E-state index in [9.17, 15) is 14.4 Å². The van der Waals surface area contributed by atoms with Gasteiger partial charge in [0, 0.05) is 64.2 Å². The smallest absolute Gasteiger partial charge is 0.226 e. The summed E-state index contributed by atoms with van der Waals surface area (Å²) in [6, 6.07) is -0.0587. The van der Waals surface area contributed by atoms with Gasteiger partial charge < -0.3 is 19.9 Å². The lowest BCUT2D eigenvalue weighted by atomic mass is 9.95. The number of nitrogens with one attached hydrogen (secondary N) is 1. The molecule has 0 saturated carbocycles. The van der Waals surface area contributed by atoms with E-state index in [0.717, 1.165) is 25.7 Å². The van der Waals surface area contributed by atoms with Crippen LogP contribution in [0.5, 0.6) is 0 Å². The molecule has 2 aliphatic rings. The number of hydrogen-bond acceptors (Lipinski definition) is 4. The van der Waals surface area contributed by atoms with Crippen molar-refractivity contribution in [3.63, 3.8) is 0 Å². The van der Waals surface area contributed by atoms with Crippen LogP contribution in [0.1, 0.15) is 52.4 Å². The van der Waals surface area contributed by atoms with Crippen molar-refractivity contribution in [1.82, 2.24) is 15.1 Å². The van der Waals surface area contributed by atoms with Gasteiger partial charge in [0.2, 0.25) is 17.7 Å². The first-order chi connectivity index (χ1) is 13.0. The molecule has 2 rings (SSSR count). The van der Waals surface area contributed by atoms with E-state index < -0.39 is 0 Å². The second-order valence-corrected chi connectivity index (χ2v) is 7.71. The Bertz CT molecular complexity index is 515. The van der Waals surface area contributed by atoms with Crippen molar-refractivity contribution in [1.29, 1.82) is 0 Å². The van der Waals surface area contributed by atoms with Crippen LogP contribution in [0.3, 0.4) is 0 Å². The highest BCUT2D eigenvalue weighted by atomic mass is 16.5. The van der Waals surface area contributed by atoms with Crippen LogP contribution in [0, 0.1) is 11.8 Å². The lowest BCUT2D eigenvalue weighted by molar-refractivity contribution is -0.140. The molecule has 2 heterocycles. The van der Waals surface area contributed by atoms with Gasteiger partial charge in [0.1, 0.15) is 0 Å². The molecule has 2 fully saturated rings. The zero-order valence-electron chi connectivity index (χ0n) is 17.0. The summed E-state index contributed by atoms with van der Waals surface area (Å²) < 4.78 is 5.33. The highest BCUT2D eigenvalue weighted by molar-refractivity contribution is 5.86. The molecule has 1 N–H and O–H groups in total. The van der Waals surface area contributed by atoms with Gasteiger partial charge in [0.15, 0.2) is 0 Å². The second-order valence-electron chi connectivity index (χ2n) is 7.71. The monoisotopic (exact) mass is 381 g/mol. The molecule has 154 valence electrons. The van der Waals surface area contributed by atoms with Gasteiger partial charge in [-0.05, 0) is 39.5 Å². The Hall–Kier alpha value is -1.63. The van der Waals surface area contributed by atoms with E-state index >= 15 is 0 Å². The van der Waals surface area contributed by atoms with E-state index in [2.05, 4.69) is 5.32 Å². The van der Waals surface area contributed by atoms with Crippen LogP contribution in [-0.4, -0.2) is 73.5 Å². The van der Waals surface area contributed by atoms with E-state index in [-0.39, 0.29) is 42.0 Å². The Morgan fingerprint density at radius 2 is 1.78 bits per heavy atom. The van der Waals surface area contributed by atoms with Gasteiger partial charge in [0.05, 0.1) is 0 Å². The Morgan fingerprint density at radius 1 is 1.11 bits per heavy atom. The van der Waals surface area contributed by atoms with Crippen molar-refractivity contribution in [2.24, 2.45) is 11.8 Å². The molecule has 3 amide bonds. The molecule has 2 saturated heterocycles. The number of carbonyl (C=O) groups is 3. The van der Waals surface area contributed by atoms with Gasteiger partial charge in [-0.1, -0.05) is 6.42 Å². The quantitative estimate of drug-likeness (QED) is 0.781. The maximum absolute atomic E-state index is 12.7. The molecule has 0 aromatic rings. The van der Waals surface area contributed by atoms with Gasteiger partial charge in [0.25, 0.3) is 0 Å². The highest BCUT2D eigenvalue weighted by Crippen LogP contribution is 2.22. The summed E-state index contributed by atoms with van der Waals surface area (Å²) in [7, 11) is 1.76. The van der Waals surface area contributed by atoms with E-state index in [1.807, 2.05) is 13.8 Å². The first-order valence-electron chi connectivity index (χ1n) is 10.4. The van der Waals surface area contributed by atoms with E-state index in [1.54, 1.807) is 16.8 Å². The summed E-state index contributed by atoms with van der Waals surface area (Å²) in [5, 5.41) is 3.14. The topological polar surface area (TPSA) is 79.0 Å². The molecule has 0 unspecified atom stereocenters. The molecular weight excluding hydrogens is 346 g/mol. The van der Waals surface area contributed by atoms with E-state index in [1.165, 1.54) is 0 Å². The van der Waals surface area contributed by atoms with E-state index in [4.69, 9.17) is 4.74 Å². The number of hydrogen-bond donors (Lipinski definition) is 1. The normalized spacial score (nSPS) is 25.3. The largest absolute Gasteiger partial charge is 0.381 e. The summed E-state index contributed by atoms with van der Waals surface area (Å²) in [5.74, 6) is -0.132. The lowest BCUT2D eigenvalue weighted by Crippen LogP contribution is -2.47. The summed E-state index contributed by atoms with van der Waals surface area (Å²) in [6.07, 6.45) is 4.08. The number of likely N-dealkylation sites (N-methyl/N-ethyl adjacent to an activating group) is 1. The Kier molecular flexibility index (Phi) is 8.54. The number of rotatable bonds is 5. The van der Waals surface area contributed by atoms with Gasteiger partial charge in [-0.2, -0.15) is 0 Å². The van der Waals surface area contributed by atoms with Crippen molar-refractivity contribution >= 4 is 17.7 Å². The van der Waals surface area contributed by atoms with Crippen LogP contribution in [0.25, 0.3) is 0 Å². The second kappa shape index (κ2) is 10.6. The van der Waals surface area contributed by atoms with Crippen LogP contribution >= 0.6 is 0 Å². The predicted octanol–water partition coefficient (Wildman–Crippen LogP) is 1.41. The first kappa shape index (κ1) is 21.7. The van der Waals surface area contributed by atoms with Gasteiger partial charge in [-0.3, -0.25) is 14.4 Å². The van der Waals surface area contributed by atoms with Crippen molar-refractivity contribution in [2.75, 3.05) is 39.9 Å². The summed E-state index contributed by atoms with van der Waals surface area (Å²) in [5.41, 5.74) is 0. The number of carbonyl (C=O) groups excluding carboxylic acids is 3. The fourth-order valence-corrected chi connectivity index (χ4v) is 4.00. The molecule has 0 aromatic heterocycles.